The van der Waals surface area contributed by atoms with E-state index >= 15 is 0 Å². The van der Waals surface area contributed by atoms with Crippen molar-refractivity contribution in [3.8, 4) is 0 Å². The largest absolute Gasteiger partial charge is 0.466 e. The van der Waals surface area contributed by atoms with Crippen LogP contribution in [0.1, 0.15) is 55.9 Å². The van der Waals surface area contributed by atoms with Crippen LogP contribution in [0.5, 0.6) is 0 Å². The van der Waals surface area contributed by atoms with Gasteiger partial charge in [-0.15, -0.1) is 11.3 Å². The summed E-state index contributed by atoms with van der Waals surface area (Å²) in [4.78, 5) is 29.8. The van der Waals surface area contributed by atoms with Crippen LogP contribution < -0.4 is 10.2 Å². The standard InChI is InChI=1S/C26H30N2O3S/c1-5-28(6-2)19-11-9-17(10-12-19)24-23(26(30)31-4)16(3)27-20-14-18(15-21(29)25(20)24)22-8-7-13-32-22/h7-13,18,24,27H,5-6,14-15H2,1-4H3/t18-,24+/m1/s1. The van der Waals surface area contributed by atoms with Gasteiger partial charge in [0.25, 0.3) is 0 Å². The molecule has 32 heavy (non-hydrogen) atoms. The lowest BCUT2D eigenvalue weighted by atomic mass is 9.72. The van der Waals surface area contributed by atoms with Crippen LogP contribution in [-0.2, 0) is 14.3 Å². The minimum Gasteiger partial charge on any atom is -0.466 e. The molecule has 4 rings (SSSR count). The molecule has 0 spiro atoms. The number of dihydropyridines is 1. The maximum Gasteiger partial charge on any atom is 0.336 e. The van der Waals surface area contributed by atoms with Crippen molar-refractivity contribution in [2.24, 2.45) is 0 Å². The second-order valence-electron chi connectivity index (χ2n) is 8.29. The van der Waals surface area contributed by atoms with Gasteiger partial charge in [0, 0.05) is 58.9 Å². The third-order valence-corrected chi connectivity index (χ3v) is 7.57. The monoisotopic (exact) mass is 450 g/mol. The second-order valence-corrected chi connectivity index (χ2v) is 9.27. The summed E-state index contributed by atoms with van der Waals surface area (Å²) in [6.45, 7) is 8.01. The van der Waals surface area contributed by atoms with Gasteiger partial charge in [0.1, 0.15) is 0 Å². The number of nitrogens with zero attached hydrogens (tertiary/aromatic N) is 1. The molecular formula is C26H30N2O3S. The molecule has 6 heteroatoms. The first-order valence-corrected chi connectivity index (χ1v) is 12.1. The predicted molar refractivity (Wildman–Crippen MR) is 129 cm³/mol. The van der Waals surface area contributed by atoms with E-state index in [1.54, 1.807) is 11.3 Å². The fraction of sp³-hybridized carbons (Fsp3) is 0.385. The van der Waals surface area contributed by atoms with Gasteiger partial charge in [-0.3, -0.25) is 4.79 Å². The highest BCUT2D eigenvalue weighted by atomic mass is 32.1. The smallest absolute Gasteiger partial charge is 0.336 e. The van der Waals surface area contributed by atoms with E-state index in [0.29, 0.717) is 17.6 Å². The number of rotatable bonds is 6. The van der Waals surface area contributed by atoms with Crippen LogP contribution in [0.2, 0.25) is 0 Å². The highest BCUT2D eigenvalue weighted by molar-refractivity contribution is 7.10. The molecule has 1 aliphatic carbocycles. The molecular weight excluding hydrogens is 420 g/mol. The van der Waals surface area contributed by atoms with Crippen molar-refractivity contribution < 1.29 is 14.3 Å². The van der Waals surface area contributed by atoms with Crippen molar-refractivity contribution in [1.29, 1.82) is 0 Å². The van der Waals surface area contributed by atoms with E-state index in [1.807, 2.05) is 25.1 Å². The van der Waals surface area contributed by atoms with Crippen LogP contribution in [0.4, 0.5) is 5.69 Å². The fourth-order valence-electron chi connectivity index (χ4n) is 4.94. The van der Waals surface area contributed by atoms with Crippen LogP contribution in [0, 0.1) is 0 Å². The number of Topliss-reactive ketones (excluding diaryl/α,β-unsaturated/α-hetero) is 1. The van der Waals surface area contributed by atoms with Gasteiger partial charge in [-0.05, 0) is 56.3 Å². The Bertz CT molecular complexity index is 1060. The minimum absolute atomic E-state index is 0.101. The van der Waals surface area contributed by atoms with E-state index in [9.17, 15) is 9.59 Å². The molecule has 0 bridgehead atoms. The first-order chi connectivity index (χ1) is 15.5. The van der Waals surface area contributed by atoms with E-state index in [4.69, 9.17) is 4.74 Å². The molecule has 2 aliphatic rings. The zero-order valence-electron chi connectivity index (χ0n) is 19.1. The van der Waals surface area contributed by atoms with E-state index < -0.39 is 11.9 Å². The Hall–Kier alpha value is -2.86. The number of hydrogen-bond acceptors (Lipinski definition) is 6. The zero-order valence-corrected chi connectivity index (χ0v) is 19.9. The number of ether oxygens (including phenoxy) is 1. The Morgan fingerprint density at radius 2 is 1.88 bits per heavy atom. The van der Waals surface area contributed by atoms with Crippen LogP contribution in [0.3, 0.4) is 0 Å². The van der Waals surface area contributed by atoms with Crippen molar-refractivity contribution in [2.45, 2.75) is 45.4 Å². The van der Waals surface area contributed by atoms with Gasteiger partial charge in [-0.25, -0.2) is 4.79 Å². The summed E-state index contributed by atoms with van der Waals surface area (Å²) in [5.74, 6) is -0.537. The number of esters is 1. The van der Waals surface area contributed by atoms with Gasteiger partial charge in [-0.2, -0.15) is 0 Å². The molecule has 2 aromatic rings. The average Bonchev–Trinajstić information content (AvgIpc) is 3.34. The number of allylic oxidation sites excluding steroid dienone is 3. The molecule has 2 heterocycles. The SMILES string of the molecule is CCN(CC)c1ccc([C@H]2C(C(=O)OC)=C(C)NC3=C2C(=O)C[C@H](c2cccs2)C3)cc1. The molecule has 0 saturated heterocycles. The number of methoxy groups -OCH3 is 1. The van der Waals surface area contributed by atoms with Gasteiger partial charge < -0.3 is 15.0 Å². The molecule has 0 amide bonds. The number of benzene rings is 1. The maximum absolute atomic E-state index is 13.5. The Morgan fingerprint density at radius 1 is 1.16 bits per heavy atom. The summed E-state index contributed by atoms with van der Waals surface area (Å²) >= 11 is 1.69. The van der Waals surface area contributed by atoms with E-state index in [-0.39, 0.29) is 11.7 Å². The second kappa shape index (κ2) is 9.33. The maximum atomic E-state index is 13.5. The van der Waals surface area contributed by atoms with Gasteiger partial charge in [0.05, 0.1) is 12.7 Å². The number of ketones is 1. The minimum atomic E-state index is -0.416. The van der Waals surface area contributed by atoms with Crippen LogP contribution >= 0.6 is 11.3 Å². The first kappa shape index (κ1) is 22.3. The molecule has 1 N–H and O–H groups in total. The predicted octanol–water partition coefficient (Wildman–Crippen LogP) is 5.13. The number of hydrogen-bond donors (Lipinski definition) is 1. The summed E-state index contributed by atoms with van der Waals surface area (Å²) in [6.07, 6.45) is 1.23. The summed E-state index contributed by atoms with van der Waals surface area (Å²) in [5.41, 5.74) is 4.99. The first-order valence-electron chi connectivity index (χ1n) is 11.2. The number of nitrogens with one attached hydrogen (secondary N) is 1. The Morgan fingerprint density at radius 3 is 2.47 bits per heavy atom. The Labute approximate surface area is 193 Å². The number of thiophene rings is 1. The number of carbonyl (C=O) groups excluding carboxylic acids is 2. The molecule has 0 fully saturated rings. The quantitative estimate of drug-likeness (QED) is 0.619. The highest BCUT2D eigenvalue weighted by Gasteiger charge is 2.41. The summed E-state index contributed by atoms with van der Waals surface area (Å²) in [7, 11) is 1.39. The lowest BCUT2D eigenvalue weighted by molar-refractivity contribution is -0.136. The molecule has 0 saturated carbocycles. The zero-order chi connectivity index (χ0) is 22.8. The van der Waals surface area contributed by atoms with Crippen molar-refractivity contribution in [1.82, 2.24) is 5.32 Å². The van der Waals surface area contributed by atoms with Crippen LogP contribution in [0.15, 0.2) is 64.3 Å². The van der Waals surface area contributed by atoms with Gasteiger partial charge in [-0.1, -0.05) is 18.2 Å². The average molecular weight is 451 g/mol. The van der Waals surface area contributed by atoms with Crippen LogP contribution in [0.25, 0.3) is 0 Å². The molecule has 2 atom stereocenters. The summed E-state index contributed by atoms with van der Waals surface area (Å²) in [6, 6.07) is 12.4. The molecule has 0 radical (unpaired) electrons. The molecule has 1 aliphatic heterocycles. The van der Waals surface area contributed by atoms with Gasteiger partial charge >= 0.3 is 5.97 Å². The third kappa shape index (κ3) is 3.99. The fourth-order valence-corrected chi connectivity index (χ4v) is 5.77. The molecule has 0 unspecified atom stereocenters. The number of carbonyl (C=O) groups is 2. The van der Waals surface area contributed by atoms with Crippen molar-refractivity contribution in [3.63, 3.8) is 0 Å². The summed E-state index contributed by atoms with van der Waals surface area (Å²) < 4.78 is 5.13. The summed E-state index contributed by atoms with van der Waals surface area (Å²) in [5, 5.41) is 5.44. The molecule has 1 aromatic carbocycles. The van der Waals surface area contributed by atoms with Gasteiger partial charge in [0.2, 0.25) is 0 Å². The van der Waals surface area contributed by atoms with Crippen molar-refractivity contribution in [2.75, 3.05) is 25.1 Å². The molecule has 5 nitrogen and oxygen atoms in total. The van der Waals surface area contributed by atoms with Crippen LogP contribution in [-0.4, -0.2) is 32.0 Å². The van der Waals surface area contributed by atoms with Crippen molar-refractivity contribution in [3.05, 3.63) is 74.8 Å². The van der Waals surface area contributed by atoms with E-state index in [2.05, 4.69) is 47.6 Å². The molecule has 1 aromatic heterocycles. The normalized spacial score (nSPS) is 20.7. The van der Waals surface area contributed by atoms with E-state index in [1.165, 1.54) is 12.0 Å². The third-order valence-electron chi connectivity index (χ3n) is 6.53. The van der Waals surface area contributed by atoms with E-state index in [0.717, 1.165) is 42.2 Å². The lowest BCUT2D eigenvalue weighted by Gasteiger charge is -2.36. The van der Waals surface area contributed by atoms with Gasteiger partial charge in [0.15, 0.2) is 5.78 Å². The topological polar surface area (TPSA) is 58.6 Å². The lowest BCUT2D eigenvalue weighted by Crippen LogP contribution is -2.35. The van der Waals surface area contributed by atoms with Crippen molar-refractivity contribution >= 4 is 28.8 Å². The number of anilines is 1. The Kier molecular flexibility index (Phi) is 6.51. The highest BCUT2D eigenvalue weighted by Crippen LogP contribution is 2.46. The Balaban J connectivity index is 1.78. The molecule has 168 valence electrons.